The van der Waals surface area contributed by atoms with Gasteiger partial charge in [-0.3, -0.25) is 4.79 Å². The van der Waals surface area contributed by atoms with Crippen LogP contribution in [0.2, 0.25) is 0 Å². The second kappa shape index (κ2) is 6.86. The van der Waals surface area contributed by atoms with Gasteiger partial charge in [0, 0.05) is 43.8 Å². The van der Waals surface area contributed by atoms with Crippen molar-refractivity contribution in [2.24, 2.45) is 13.0 Å². The summed E-state index contributed by atoms with van der Waals surface area (Å²) in [5.41, 5.74) is 3.18. The van der Waals surface area contributed by atoms with Crippen molar-refractivity contribution < 1.29 is 14.3 Å². The largest absolute Gasteiger partial charge is 0.481 e. The lowest BCUT2D eigenvalue weighted by Gasteiger charge is -2.20. The number of methoxy groups -OCH3 is 1. The number of ether oxygens (including phenoxy) is 2. The van der Waals surface area contributed by atoms with Crippen LogP contribution in [0.25, 0.3) is 22.3 Å². The Morgan fingerprint density at radius 1 is 1.33 bits per heavy atom. The van der Waals surface area contributed by atoms with Crippen LogP contribution >= 0.6 is 0 Å². The van der Waals surface area contributed by atoms with Gasteiger partial charge in [0.15, 0.2) is 0 Å². The molecule has 8 nitrogen and oxygen atoms in total. The van der Waals surface area contributed by atoms with Crippen molar-refractivity contribution >= 4 is 16.9 Å². The molecular weight excluding hydrogens is 346 g/mol. The van der Waals surface area contributed by atoms with Gasteiger partial charge in [0.25, 0.3) is 0 Å². The lowest BCUT2D eigenvalue weighted by atomic mass is 10.0. The van der Waals surface area contributed by atoms with Crippen molar-refractivity contribution in [1.29, 1.82) is 0 Å². The van der Waals surface area contributed by atoms with Crippen LogP contribution < -0.4 is 14.8 Å². The van der Waals surface area contributed by atoms with Gasteiger partial charge in [-0.1, -0.05) is 0 Å². The smallest absolute Gasteiger partial charge is 0.241 e. The van der Waals surface area contributed by atoms with Crippen molar-refractivity contribution in [1.82, 2.24) is 24.8 Å². The Kier molecular flexibility index (Phi) is 4.39. The number of pyridine rings is 2. The maximum absolute atomic E-state index is 11.5. The second-order valence-electron chi connectivity index (χ2n) is 6.72. The van der Waals surface area contributed by atoms with Crippen LogP contribution in [0.4, 0.5) is 0 Å². The van der Waals surface area contributed by atoms with E-state index >= 15 is 0 Å². The van der Waals surface area contributed by atoms with Gasteiger partial charge >= 0.3 is 0 Å². The quantitative estimate of drug-likeness (QED) is 0.741. The Bertz CT molecular complexity index is 983. The minimum atomic E-state index is -0.154. The van der Waals surface area contributed by atoms with Crippen LogP contribution in [0.5, 0.6) is 11.8 Å². The van der Waals surface area contributed by atoms with E-state index in [1.807, 2.05) is 30.7 Å². The van der Waals surface area contributed by atoms with Gasteiger partial charge < -0.3 is 19.4 Å². The number of amides is 1. The standard InChI is InChI=1S/C19H21N5O3/c1-11(13-6-16(25)20-9-13)27-19-18-15(22-10-24(18)2)7-14(23-19)12-4-5-17(26-3)21-8-12/h4-5,7-8,10-11,13H,6,9H2,1-3H3,(H,20,25)/t11-,13-/m1/s1. The first kappa shape index (κ1) is 17.3. The van der Waals surface area contributed by atoms with Crippen LogP contribution in [0.15, 0.2) is 30.7 Å². The molecule has 8 heteroatoms. The minimum Gasteiger partial charge on any atom is -0.481 e. The molecule has 1 fully saturated rings. The number of aryl methyl sites for hydroxylation is 1. The van der Waals surface area contributed by atoms with Crippen molar-refractivity contribution in [3.05, 3.63) is 30.7 Å². The monoisotopic (exact) mass is 367 g/mol. The van der Waals surface area contributed by atoms with E-state index in [1.54, 1.807) is 25.7 Å². The molecule has 0 saturated carbocycles. The van der Waals surface area contributed by atoms with Gasteiger partial charge in [0.1, 0.15) is 11.6 Å². The molecule has 0 unspecified atom stereocenters. The number of rotatable bonds is 5. The summed E-state index contributed by atoms with van der Waals surface area (Å²) >= 11 is 0. The molecule has 1 saturated heterocycles. The molecule has 3 aromatic heterocycles. The average molecular weight is 367 g/mol. The summed E-state index contributed by atoms with van der Waals surface area (Å²) < 4.78 is 13.2. The number of nitrogens with one attached hydrogen (secondary N) is 1. The van der Waals surface area contributed by atoms with Crippen molar-refractivity contribution in [2.45, 2.75) is 19.4 Å². The Hall–Kier alpha value is -3.16. The highest BCUT2D eigenvalue weighted by Gasteiger charge is 2.29. The number of fused-ring (bicyclic) bond motifs is 1. The molecule has 1 amide bonds. The maximum atomic E-state index is 11.5. The Morgan fingerprint density at radius 2 is 2.19 bits per heavy atom. The first-order valence-electron chi connectivity index (χ1n) is 8.81. The molecule has 0 aromatic carbocycles. The lowest BCUT2D eigenvalue weighted by Crippen LogP contribution is -2.26. The van der Waals surface area contributed by atoms with Gasteiger partial charge in [0.2, 0.25) is 17.7 Å². The average Bonchev–Trinajstić information content (AvgIpc) is 3.28. The number of carbonyl (C=O) groups excluding carboxylic acids is 1. The topological polar surface area (TPSA) is 91.2 Å². The molecule has 0 bridgehead atoms. The van der Waals surface area contributed by atoms with E-state index in [1.165, 1.54) is 0 Å². The first-order valence-corrected chi connectivity index (χ1v) is 8.81. The first-order chi connectivity index (χ1) is 13.0. The van der Waals surface area contributed by atoms with Crippen LogP contribution in [0.3, 0.4) is 0 Å². The van der Waals surface area contributed by atoms with Crippen LogP contribution in [0, 0.1) is 5.92 Å². The van der Waals surface area contributed by atoms with E-state index in [-0.39, 0.29) is 17.9 Å². The summed E-state index contributed by atoms with van der Waals surface area (Å²) in [5.74, 6) is 1.23. The SMILES string of the molecule is COc1ccc(-c2cc3ncn(C)c3c(O[C@H](C)[C@H]3CNC(=O)C3)n2)cn1. The number of imidazole rings is 1. The van der Waals surface area contributed by atoms with Crippen LogP contribution in [-0.2, 0) is 11.8 Å². The van der Waals surface area contributed by atoms with Gasteiger partial charge in [-0.2, -0.15) is 0 Å². The molecule has 1 aliphatic rings. The fraction of sp³-hybridized carbons (Fsp3) is 0.368. The fourth-order valence-electron chi connectivity index (χ4n) is 3.25. The number of carbonyl (C=O) groups is 1. The van der Waals surface area contributed by atoms with E-state index in [9.17, 15) is 4.79 Å². The molecule has 4 rings (SSSR count). The molecule has 27 heavy (non-hydrogen) atoms. The van der Waals surface area contributed by atoms with Crippen molar-refractivity contribution in [3.8, 4) is 23.0 Å². The van der Waals surface area contributed by atoms with Crippen molar-refractivity contribution in [3.63, 3.8) is 0 Å². The number of aromatic nitrogens is 4. The Morgan fingerprint density at radius 3 is 2.85 bits per heavy atom. The highest BCUT2D eigenvalue weighted by Crippen LogP contribution is 2.30. The molecule has 1 N–H and O–H groups in total. The third kappa shape index (κ3) is 3.30. The zero-order chi connectivity index (χ0) is 19.0. The van der Waals surface area contributed by atoms with Crippen molar-refractivity contribution in [2.75, 3.05) is 13.7 Å². The molecule has 4 heterocycles. The lowest BCUT2D eigenvalue weighted by molar-refractivity contribution is -0.119. The number of hydrogen-bond acceptors (Lipinski definition) is 6. The summed E-state index contributed by atoms with van der Waals surface area (Å²) in [6, 6.07) is 5.60. The summed E-state index contributed by atoms with van der Waals surface area (Å²) in [7, 11) is 3.49. The molecule has 3 aromatic rings. The minimum absolute atomic E-state index is 0.0622. The molecule has 140 valence electrons. The van der Waals surface area contributed by atoms with Crippen LogP contribution in [-0.4, -0.2) is 45.2 Å². The van der Waals surface area contributed by atoms with E-state index in [0.29, 0.717) is 24.7 Å². The fourth-order valence-corrected chi connectivity index (χ4v) is 3.25. The van der Waals surface area contributed by atoms with Gasteiger partial charge in [-0.15, -0.1) is 0 Å². The Balaban J connectivity index is 1.71. The summed E-state index contributed by atoms with van der Waals surface area (Å²) in [6.45, 7) is 2.59. The van der Waals surface area contributed by atoms with Gasteiger partial charge in [0.05, 0.1) is 24.6 Å². The zero-order valence-corrected chi connectivity index (χ0v) is 15.5. The van der Waals surface area contributed by atoms with E-state index in [0.717, 1.165) is 22.3 Å². The van der Waals surface area contributed by atoms with Gasteiger partial charge in [-0.05, 0) is 19.1 Å². The number of hydrogen-bond donors (Lipinski definition) is 1. The third-order valence-electron chi connectivity index (χ3n) is 4.87. The Labute approximate surface area is 156 Å². The van der Waals surface area contributed by atoms with E-state index in [2.05, 4.69) is 15.3 Å². The molecular formula is C19H21N5O3. The normalized spacial score (nSPS) is 17.7. The predicted octanol–water partition coefficient (Wildman–Crippen LogP) is 1.94. The van der Waals surface area contributed by atoms with Crippen LogP contribution in [0.1, 0.15) is 13.3 Å². The summed E-state index contributed by atoms with van der Waals surface area (Å²) in [4.78, 5) is 24.9. The van der Waals surface area contributed by atoms with Gasteiger partial charge in [-0.25, -0.2) is 15.0 Å². The molecule has 2 atom stereocenters. The third-order valence-corrected chi connectivity index (χ3v) is 4.87. The highest BCUT2D eigenvalue weighted by molar-refractivity contribution is 5.84. The predicted molar refractivity (Wildman–Crippen MR) is 99.5 cm³/mol. The zero-order valence-electron chi connectivity index (χ0n) is 15.5. The molecule has 0 aliphatic carbocycles. The second-order valence-corrected chi connectivity index (χ2v) is 6.72. The molecule has 1 aliphatic heterocycles. The van der Waals surface area contributed by atoms with E-state index in [4.69, 9.17) is 14.5 Å². The molecule has 0 spiro atoms. The number of nitrogens with zero attached hydrogens (tertiary/aromatic N) is 4. The maximum Gasteiger partial charge on any atom is 0.241 e. The summed E-state index contributed by atoms with van der Waals surface area (Å²) in [5, 5.41) is 2.85. The highest BCUT2D eigenvalue weighted by atomic mass is 16.5. The summed E-state index contributed by atoms with van der Waals surface area (Å²) in [6.07, 6.45) is 3.76. The van der Waals surface area contributed by atoms with E-state index < -0.39 is 0 Å². The molecule has 0 radical (unpaired) electrons.